The molecule has 0 fully saturated rings. The van der Waals surface area contributed by atoms with Gasteiger partial charge in [0.15, 0.2) is 5.78 Å². The van der Waals surface area contributed by atoms with Crippen LogP contribution in [0.25, 0.3) is 0 Å². The number of allylic oxidation sites excluding steroid dienone is 2. The van der Waals surface area contributed by atoms with Crippen molar-refractivity contribution in [2.75, 3.05) is 0 Å². The van der Waals surface area contributed by atoms with E-state index in [1.807, 2.05) is 13.0 Å². The molecule has 0 heterocycles. The smallest absolute Gasteiger partial charge is 0.283 e. The van der Waals surface area contributed by atoms with Crippen molar-refractivity contribution in [2.45, 2.75) is 18.7 Å². The van der Waals surface area contributed by atoms with Crippen LogP contribution < -0.4 is 0 Å². The topological polar surface area (TPSA) is 63.6 Å². The molecule has 2 aromatic rings. The normalized spacial score (nSPS) is 15.7. The molecule has 0 saturated heterocycles. The number of carbonyl (C=O) groups excluding carboxylic acids is 1. The van der Waals surface area contributed by atoms with Gasteiger partial charge in [0.1, 0.15) is 0 Å². The van der Waals surface area contributed by atoms with Crippen molar-refractivity contribution in [1.29, 1.82) is 0 Å². The van der Waals surface area contributed by atoms with Crippen LogP contribution >= 0.6 is 0 Å². The second kappa shape index (κ2) is 5.59. The van der Waals surface area contributed by atoms with Crippen LogP contribution in [0.4, 0.5) is 0 Å². The molecule has 0 amide bonds. The molecule has 2 aromatic carbocycles. The van der Waals surface area contributed by atoms with Crippen molar-refractivity contribution < 1.29 is 13.2 Å². The van der Waals surface area contributed by atoms with Gasteiger partial charge in [0, 0.05) is 11.1 Å². The van der Waals surface area contributed by atoms with Crippen molar-refractivity contribution in [3.05, 3.63) is 76.9 Å². The van der Waals surface area contributed by atoms with E-state index in [4.69, 9.17) is 0 Å². The average molecular weight is 325 g/mol. The minimum absolute atomic E-state index is 0.149. The highest BCUT2D eigenvalue weighted by atomic mass is 32.2. The lowest BCUT2D eigenvalue weighted by molar-refractivity contribution is 0.104. The van der Waals surface area contributed by atoms with Crippen molar-refractivity contribution in [3.63, 3.8) is 0 Å². The SMILES string of the molecule is Cc1ccc(C)c(S(=O)(=O)N=C2C=CC(=O)c3ccccc32)c1. The molecular weight excluding hydrogens is 310 g/mol. The van der Waals surface area contributed by atoms with Crippen LogP contribution in [0.3, 0.4) is 0 Å². The van der Waals surface area contributed by atoms with E-state index in [-0.39, 0.29) is 16.4 Å². The van der Waals surface area contributed by atoms with Crippen LogP contribution in [0, 0.1) is 13.8 Å². The Kier molecular flexibility index (Phi) is 3.74. The molecule has 0 radical (unpaired) electrons. The molecule has 0 unspecified atom stereocenters. The molecule has 0 spiro atoms. The van der Waals surface area contributed by atoms with Gasteiger partial charge in [-0.2, -0.15) is 12.8 Å². The summed E-state index contributed by atoms with van der Waals surface area (Å²) in [5, 5.41) is 0. The Labute approximate surface area is 135 Å². The van der Waals surface area contributed by atoms with Gasteiger partial charge in [-0.25, -0.2) is 0 Å². The summed E-state index contributed by atoms with van der Waals surface area (Å²) in [6, 6.07) is 12.1. The molecule has 0 atom stereocenters. The van der Waals surface area contributed by atoms with Crippen LogP contribution in [-0.2, 0) is 10.0 Å². The highest BCUT2D eigenvalue weighted by Gasteiger charge is 2.21. The first-order chi connectivity index (χ1) is 10.9. The van der Waals surface area contributed by atoms with Crippen molar-refractivity contribution in [3.8, 4) is 0 Å². The predicted molar refractivity (Wildman–Crippen MR) is 89.6 cm³/mol. The summed E-state index contributed by atoms with van der Waals surface area (Å²) in [5.74, 6) is -0.149. The number of benzene rings is 2. The molecule has 23 heavy (non-hydrogen) atoms. The van der Waals surface area contributed by atoms with Crippen LogP contribution in [-0.4, -0.2) is 19.9 Å². The van der Waals surface area contributed by atoms with Gasteiger partial charge in [0.25, 0.3) is 10.0 Å². The van der Waals surface area contributed by atoms with Gasteiger partial charge in [-0.05, 0) is 43.2 Å². The molecule has 0 bridgehead atoms. The van der Waals surface area contributed by atoms with Crippen LogP contribution in [0.2, 0.25) is 0 Å². The van der Waals surface area contributed by atoms with Crippen molar-refractivity contribution >= 4 is 21.5 Å². The molecule has 116 valence electrons. The molecule has 1 aliphatic carbocycles. The van der Waals surface area contributed by atoms with E-state index in [2.05, 4.69) is 4.40 Å². The van der Waals surface area contributed by atoms with E-state index in [1.165, 1.54) is 12.2 Å². The van der Waals surface area contributed by atoms with Crippen LogP contribution in [0.5, 0.6) is 0 Å². The Bertz CT molecular complexity index is 970. The zero-order valence-electron chi connectivity index (χ0n) is 12.8. The van der Waals surface area contributed by atoms with Gasteiger partial charge in [0.2, 0.25) is 0 Å². The summed E-state index contributed by atoms with van der Waals surface area (Å²) in [4.78, 5) is 12.1. The van der Waals surface area contributed by atoms with Crippen LogP contribution in [0.1, 0.15) is 27.0 Å². The number of rotatable bonds is 2. The monoisotopic (exact) mass is 325 g/mol. The van der Waals surface area contributed by atoms with E-state index in [0.29, 0.717) is 16.7 Å². The Balaban J connectivity index is 2.16. The van der Waals surface area contributed by atoms with E-state index in [1.54, 1.807) is 43.3 Å². The van der Waals surface area contributed by atoms with E-state index >= 15 is 0 Å². The Morgan fingerprint density at radius 2 is 1.61 bits per heavy atom. The minimum atomic E-state index is -3.85. The molecule has 0 N–H and O–H groups in total. The number of nitrogens with zero attached hydrogens (tertiary/aromatic N) is 1. The second-order valence-electron chi connectivity index (χ2n) is 5.46. The molecule has 1 aliphatic rings. The highest BCUT2D eigenvalue weighted by Crippen LogP contribution is 2.23. The van der Waals surface area contributed by atoms with Crippen molar-refractivity contribution in [1.82, 2.24) is 0 Å². The first kappa shape index (κ1) is 15.4. The molecule has 5 heteroatoms. The number of hydrogen-bond acceptors (Lipinski definition) is 3. The molecule has 4 nitrogen and oxygen atoms in total. The third-order valence-corrected chi connectivity index (χ3v) is 5.13. The average Bonchev–Trinajstić information content (AvgIpc) is 2.52. The number of fused-ring (bicyclic) bond motifs is 1. The summed E-state index contributed by atoms with van der Waals surface area (Å²) in [6.07, 6.45) is 2.80. The fourth-order valence-electron chi connectivity index (χ4n) is 2.50. The first-order valence-corrected chi connectivity index (χ1v) is 8.56. The molecule has 0 aromatic heterocycles. The Morgan fingerprint density at radius 1 is 0.913 bits per heavy atom. The third-order valence-electron chi connectivity index (χ3n) is 3.70. The fourth-order valence-corrected chi connectivity index (χ4v) is 3.83. The highest BCUT2D eigenvalue weighted by molar-refractivity contribution is 7.90. The Hall–Kier alpha value is -2.53. The third kappa shape index (κ3) is 2.87. The minimum Gasteiger partial charge on any atom is -0.289 e. The predicted octanol–water partition coefficient (Wildman–Crippen LogP) is 3.23. The summed E-state index contributed by atoms with van der Waals surface area (Å²) < 4.78 is 29.3. The van der Waals surface area contributed by atoms with E-state index < -0.39 is 10.0 Å². The molecule has 3 rings (SSSR count). The van der Waals surface area contributed by atoms with Gasteiger partial charge < -0.3 is 0 Å². The standard InChI is InChI=1S/C18H15NO3S/c1-12-7-8-13(2)18(11-12)23(21,22)19-16-9-10-17(20)15-6-4-3-5-14(15)16/h3-11H,1-2H3. The summed E-state index contributed by atoms with van der Waals surface area (Å²) in [7, 11) is -3.85. The quantitative estimate of drug-likeness (QED) is 0.851. The number of carbonyl (C=O) groups is 1. The van der Waals surface area contributed by atoms with Crippen LogP contribution in [0.15, 0.2) is 63.9 Å². The first-order valence-electron chi connectivity index (χ1n) is 7.12. The summed E-state index contributed by atoms with van der Waals surface area (Å²) in [5.41, 5.74) is 2.77. The lowest BCUT2D eigenvalue weighted by Crippen LogP contribution is -2.14. The van der Waals surface area contributed by atoms with Gasteiger partial charge in [-0.3, -0.25) is 4.79 Å². The maximum absolute atomic E-state index is 12.7. The second-order valence-corrected chi connectivity index (χ2v) is 7.04. The Morgan fingerprint density at radius 3 is 2.35 bits per heavy atom. The summed E-state index contributed by atoms with van der Waals surface area (Å²) in [6.45, 7) is 3.57. The molecule has 0 aliphatic heterocycles. The number of aryl methyl sites for hydroxylation is 2. The zero-order valence-corrected chi connectivity index (χ0v) is 13.6. The number of sulfonamides is 1. The lowest BCUT2D eigenvalue weighted by atomic mass is 9.95. The van der Waals surface area contributed by atoms with Crippen molar-refractivity contribution in [2.24, 2.45) is 4.40 Å². The van der Waals surface area contributed by atoms with Gasteiger partial charge in [-0.1, -0.05) is 36.4 Å². The fraction of sp³-hybridized carbons (Fsp3) is 0.111. The van der Waals surface area contributed by atoms with Gasteiger partial charge >= 0.3 is 0 Å². The lowest BCUT2D eigenvalue weighted by Gasteiger charge is -2.12. The maximum Gasteiger partial charge on any atom is 0.283 e. The number of ketones is 1. The molecule has 0 saturated carbocycles. The largest absolute Gasteiger partial charge is 0.289 e. The van der Waals surface area contributed by atoms with Gasteiger partial charge in [-0.15, -0.1) is 0 Å². The molecular formula is C18H15NO3S. The number of hydrogen-bond donors (Lipinski definition) is 0. The van der Waals surface area contributed by atoms with Gasteiger partial charge in [0.05, 0.1) is 10.6 Å². The van der Waals surface area contributed by atoms with E-state index in [9.17, 15) is 13.2 Å². The van der Waals surface area contributed by atoms with E-state index in [0.717, 1.165) is 5.56 Å². The summed E-state index contributed by atoms with van der Waals surface area (Å²) >= 11 is 0. The maximum atomic E-state index is 12.7. The zero-order chi connectivity index (χ0) is 16.6.